The molecule has 0 aromatic heterocycles. The van der Waals surface area contributed by atoms with Crippen molar-refractivity contribution in [2.75, 3.05) is 6.61 Å². The maximum absolute atomic E-state index is 13.4. The van der Waals surface area contributed by atoms with Crippen molar-refractivity contribution in [3.63, 3.8) is 0 Å². The first-order chi connectivity index (χ1) is 18.2. The summed E-state index contributed by atoms with van der Waals surface area (Å²) < 4.78 is 17.1. The molecule has 0 amide bonds. The average molecular weight is 521 g/mol. The van der Waals surface area contributed by atoms with Gasteiger partial charge in [-0.3, -0.25) is 9.59 Å². The smallest absolute Gasteiger partial charge is 0.342 e. The molecule has 38 heavy (non-hydrogen) atoms. The average Bonchev–Trinajstić information content (AvgIpc) is 2.86. The largest absolute Gasteiger partial charge is 0.507 e. The van der Waals surface area contributed by atoms with Gasteiger partial charge in [0.1, 0.15) is 28.6 Å². The van der Waals surface area contributed by atoms with Crippen LogP contribution in [-0.4, -0.2) is 35.5 Å². The quantitative estimate of drug-likeness (QED) is 0.370. The van der Waals surface area contributed by atoms with Crippen molar-refractivity contribution in [1.29, 1.82) is 0 Å². The zero-order valence-corrected chi connectivity index (χ0v) is 22.3. The third-order valence-electron chi connectivity index (χ3n) is 6.82. The highest BCUT2D eigenvalue weighted by Crippen LogP contribution is 2.47. The Bertz CT molecular complexity index is 1230. The fraction of sp³-hybridized carbons (Fsp3) is 0.452. The Balaban J connectivity index is 1.77. The number of allylic oxidation sites excluding steroid dienone is 1. The summed E-state index contributed by atoms with van der Waals surface area (Å²) in [5.74, 6) is -0.384. The number of hydrogen-bond donors (Lipinski definition) is 1. The second kappa shape index (κ2) is 12.3. The third-order valence-corrected chi connectivity index (χ3v) is 6.82. The highest BCUT2D eigenvalue weighted by molar-refractivity contribution is 5.98. The number of benzene rings is 2. The molecule has 2 heterocycles. The highest BCUT2D eigenvalue weighted by Gasteiger charge is 2.35. The van der Waals surface area contributed by atoms with Gasteiger partial charge in [0.15, 0.2) is 0 Å². The van der Waals surface area contributed by atoms with Gasteiger partial charge in [0.05, 0.1) is 19.1 Å². The van der Waals surface area contributed by atoms with Crippen LogP contribution in [0.25, 0.3) is 6.08 Å². The van der Waals surface area contributed by atoms with Gasteiger partial charge in [0, 0.05) is 24.3 Å². The summed E-state index contributed by atoms with van der Waals surface area (Å²) in [5, 5.41) is 11.5. The fourth-order valence-electron chi connectivity index (χ4n) is 4.89. The van der Waals surface area contributed by atoms with Crippen molar-refractivity contribution >= 4 is 23.8 Å². The van der Waals surface area contributed by atoms with E-state index in [9.17, 15) is 19.5 Å². The van der Waals surface area contributed by atoms with Crippen LogP contribution in [-0.2, 0) is 14.3 Å². The first-order valence-corrected chi connectivity index (χ1v) is 13.5. The van der Waals surface area contributed by atoms with E-state index in [4.69, 9.17) is 14.2 Å². The van der Waals surface area contributed by atoms with Gasteiger partial charge in [-0.15, -0.1) is 0 Å². The monoisotopic (exact) mass is 520 g/mol. The van der Waals surface area contributed by atoms with Crippen LogP contribution in [0.2, 0.25) is 0 Å². The molecule has 1 N–H and O–H groups in total. The molecule has 2 aliphatic rings. The van der Waals surface area contributed by atoms with Crippen molar-refractivity contribution in [2.45, 2.75) is 77.7 Å². The molecule has 0 fully saturated rings. The van der Waals surface area contributed by atoms with Crippen LogP contribution < -0.4 is 9.47 Å². The van der Waals surface area contributed by atoms with Gasteiger partial charge in [-0.1, -0.05) is 38.1 Å². The summed E-state index contributed by atoms with van der Waals surface area (Å²) in [5.41, 5.74) is 1.62. The standard InChI is InChI=1S/C31H36O7/c1-19(2)18-36-24-14-8-11-21(15-24)25-17-27(33)38-26-16-22-10-5-4-6-12-23(32)13-7-9-20(3)37-31(35)28(22)30(34)29(25)26/h5,8,10-11,14-16,19-20,25,34H,4,6-7,9,12-13,17-18H2,1-3H3. The van der Waals surface area contributed by atoms with E-state index >= 15 is 0 Å². The fourth-order valence-corrected chi connectivity index (χ4v) is 4.89. The predicted octanol–water partition coefficient (Wildman–Crippen LogP) is 6.35. The Labute approximate surface area is 223 Å². The number of carbonyl (C=O) groups excluding carboxylic acids is 3. The van der Waals surface area contributed by atoms with Gasteiger partial charge < -0.3 is 19.3 Å². The summed E-state index contributed by atoms with van der Waals surface area (Å²) >= 11 is 0. The molecule has 2 aliphatic heterocycles. The van der Waals surface area contributed by atoms with Crippen LogP contribution >= 0.6 is 0 Å². The minimum Gasteiger partial charge on any atom is -0.507 e. The maximum atomic E-state index is 13.4. The zero-order chi connectivity index (χ0) is 27.2. The van der Waals surface area contributed by atoms with E-state index in [2.05, 4.69) is 13.8 Å². The molecular weight excluding hydrogens is 484 g/mol. The van der Waals surface area contributed by atoms with Crippen molar-refractivity contribution in [3.8, 4) is 17.2 Å². The molecule has 202 valence electrons. The first kappa shape index (κ1) is 27.4. The van der Waals surface area contributed by atoms with Crippen molar-refractivity contribution in [3.05, 3.63) is 58.7 Å². The zero-order valence-electron chi connectivity index (χ0n) is 22.3. The Morgan fingerprint density at radius 3 is 2.68 bits per heavy atom. The van der Waals surface area contributed by atoms with Gasteiger partial charge in [0.2, 0.25) is 0 Å². The number of fused-ring (bicyclic) bond motifs is 2. The Kier molecular flexibility index (Phi) is 8.87. The van der Waals surface area contributed by atoms with Crippen LogP contribution in [0.3, 0.4) is 0 Å². The van der Waals surface area contributed by atoms with Gasteiger partial charge in [-0.05, 0) is 67.9 Å². The van der Waals surface area contributed by atoms with Crippen LogP contribution in [0.1, 0.15) is 98.7 Å². The molecule has 2 unspecified atom stereocenters. The van der Waals surface area contributed by atoms with Crippen LogP contribution in [0.4, 0.5) is 0 Å². The van der Waals surface area contributed by atoms with E-state index in [1.165, 1.54) is 0 Å². The Morgan fingerprint density at radius 1 is 1.11 bits per heavy atom. The SMILES string of the molecule is CC(C)COc1cccc(C2CC(=O)Oc3cc4c(c(O)c32)C(=O)OC(C)CCCC(=O)CCCC=C4)c1. The summed E-state index contributed by atoms with van der Waals surface area (Å²) in [7, 11) is 0. The van der Waals surface area contributed by atoms with Crippen molar-refractivity contribution in [2.24, 2.45) is 5.92 Å². The summed E-state index contributed by atoms with van der Waals surface area (Å²) in [6.45, 7) is 6.46. The van der Waals surface area contributed by atoms with E-state index in [-0.39, 0.29) is 29.3 Å². The molecule has 2 aromatic rings. The molecule has 0 saturated carbocycles. The molecule has 2 atom stereocenters. The summed E-state index contributed by atoms with van der Waals surface area (Å²) in [4.78, 5) is 38.1. The maximum Gasteiger partial charge on any atom is 0.342 e. The normalized spacial score (nSPS) is 20.7. The second-order valence-electron chi connectivity index (χ2n) is 10.6. The van der Waals surface area contributed by atoms with E-state index in [0.29, 0.717) is 67.9 Å². The third kappa shape index (κ3) is 6.63. The Hall–Kier alpha value is -3.61. The molecule has 0 aliphatic carbocycles. The van der Waals surface area contributed by atoms with Gasteiger partial charge in [-0.25, -0.2) is 4.79 Å². The van der Waals surface area contributed by atoms with E-state index in [1.807, 2.05) is 30.3 Å². The minimum atomic E-state index is -0.648. The van der Waals surface area contributed by atoms with Gasteiger partial charge >= 0.3 is 11.9 Å². The molecule has 0 radical (unpaired) electrons. The number of phenolic OH excluding ortho intramolecular Hbond substituents is 1. The molecule has 7 nitrogen and oxygen atoms in total. The van der Waals surface area contributed by atoms with E-state index in [1.54, 1.807) is 19.1 Å². The number of Topliss-reactive ketones (excluding diaryl/α,β-unsaturated/α-hetero) is 1. The highest BCUT2D eigenvalue weighted by atomic mass is 16.5. The number of ether oxygens (including phenoxy) is 3. The summed E-state index contributed by atoms with van der Waals surface area (Å²) in [6, 6.07) is 9.07. The lowest BCUT2D eigenvalue weighted by molar-refractivity contribution is -0.135. The van der Waals surface area contributed by atoms with Crippen molar-refractivity contribution < 1.29 is 33.7 Å². The number of hydrogen-bond acceptors (Lipinski definition) is 7. The number of aromatic hydroxyl groups is 1. The van der Waals surface area contributed by atoms with E-state index < -0.39 is 24.0 Å². The number of carbonyl (C=O) groups is 3. The lowest BCUT2D eigenvalue weighted by atomic mass is 9.83. The number of cyclic esters (lactones) is 1. The molecular formula is C31H36O7. The molecule has 0 bridgehead atoms. The topological polar surface area (TPSA) is 99.1 Å². The molecule has 4 rings (SSSR count). The number of rotatable bonds is 4. The molecule has 2 aromatic carbocycles. The predicted molar refractivity (Wildman–Crippen MR) is 144 cm³/mol. The lowest BCUT2D eigenvalue weighted by Crippen LogP contribution is -2.23. The first-order valence-electron chi connectivity index (χ1n) is 13.5. The van der Waals surface area contributed by atoms with Gasteiger partial charge in [0.25, 0.3) is 0 Å². The minimum absolute atomic E-state index is 0.0162. The van der Waals surface area contributed by atoms with Crippen LogP contribution in [0.15, 0.2) is 36.4 Å². The molecule has 0 spiro atoms. The molecule has 7 heteroatoms. The summed E-state index contributed by atoms with van der Waals surface area (Å²) in [6.07, 6.45) is 6.67. The van der Waals surface area contributed by atoms with E-state index in [0.717, 1.165) is 5.56 Å². The number of ketones is 1. The van der Waals surface area contributed by atoms with Gasteiger partial charge in [-0.2, -0.15) is 0 Å². The Morgan fingerprint density at radius 2 is 1.89 bits per heavy atom. The second-order valence-corrected chi connectivity index (χ2v) is 10.6. The molecule has 0 saturated heterocycles. The van der Waals surface area contributed by atoms with Crippen molar-refractivity contribution in [1.82, 2.24) is 0 Å². The van der Waals surface area contributed by atoms with Crippen LogP contribution in [0, 0.1) is 5.92 Å². The number of esters is 2. The van der Waals surface area contributed by atoms with Crippen LogP contribution in [0.5, 0.6) is 17.2 Å². The number of phenols is 1. The lowest BCUT2D eigenvalue weighted by Gasteiger charge is -2.28.